The van der Waals surface area contributed by atoms with Crippen LogP contribution < -0.4 is 10.1 Å². The Kier molecular flexibility index (Phi) is 6.75. The van der Waals surface area contributed by atoms with E-state index >= 15 is 0 Å². The average Bonchev–Trinajstić information content (AvgIpc) is 2.60. The maximum Gasteiger partial charge on any atom is 0.258 e. The number of nitrogens with one attached hydrogen (secondary N) is 1. The first-order valence-corrected chi connectivity index (χ1v) is 8.52. The fourth-order valence-corrected chi connectivity index (χ4v) is 2.83. The summed E-state index contributed by atoms with van der Waals surface area (Å²) in [5.74, 6) is 0.525. The third-order valence-corrected chi connectivity index (χ3v) is 4.08. The molecule has 0 radical (unpaired) electrons. The molecule has 0 aliphatic carbocycles. The lowest BCUT2D eigenvalue weighted by atomic mass is 10.1. The van der Waals surface area contributed by atoms with Crippen LogP contribution in [-0.4, -0.2) is 24.8 Å². The third-order valence-electron chi connectivity index (χ3n) is 4.08. The Morgan fingerprint density at radius 1 is 1.16 bits per heavy atom. The number of rotatable bonds is 8. The van der Waals surface area contributed by atoms with Gasteiger partial charge < -0.3 is 10.1 Å². The van der Waals surface area contributed by atoms with Gasteiger partial charge in [-0.25, -0.2) is 0 Å². The Hall–Kier alpha value is -2.62. The zero-order valence-electron chi connectivity index (χ0n) is 15.0. The van der Waals surface area contributed by atoms with E-state index in [1.54, 1.807) is 12.1 Å². The van der Waals surface area contributed by atoms with Gasteiger partial charge in [0.25, 0.3) is 5.91 Å². The molecule has 2 aromatic carbocycles. The van der Waals surface area contributed by atoms with Gasteiger partial charge in [-0.15, -0.1) is 0 Å². The molecule has 0 heterocycles. The van der Waals surface area contributed by atoms with Crippen LogP contribution in [0.1, 0.15) is 40.4 Å². The van der Waals surface area contributed by atoms with Crippen molar-refractivity contribution in [2.45, 2.75) is 39.7 Å². The highest BCUT2D eigenvalue weighted by Gasteiger charge is 2.11. The molecule has 1 atom stereocenters. The van der Waals surface area contributed by atoms with Gasteiger partial charge in [-0.1, -0.05) is 30.3 Å². The van der Waals surface area contributed by atoms with Crippen LogP contribution >= 0.6 is 0 Å². The number of amides is 1. The van der Waals surface area contributed by atoms with Gasteiger partial charge >= 0.3 is 0 Å². The van der Waals surface area contributed by atoms with E-state index < -0.39 is 0 Å². The minimum atomic E-state index is -0.140. The summed E-state index contributed by atoms with van der Waals surface area (Å²) in [6.07, 6.45) is 2.61. The van der Waals surface area contributed by atoms with Crippen molar-refractivity contribution in [3.63, 3.8) is 0 Å². The Labute approximate surface area is 149 Å². The topological polar surface area (TPSA) is 55.4 Å². The second-order valence-corrected chi connectivity index (χ2v) is 6.38. The standard InChI is InChI=1S/C21H25NO3/c1-15-11-19(13-23)12-16(2)21(15)25-14-20(24)22-17(3)9-10-18-7-5-4-6-8-18/h4-8,11-13,17H,9-10,14H2,1-3H3,(H,22,24)/t17-/m0/s1. The highest BCUT2D eigenvalue weighted by molar-refractivity contribution is 5.78. The van der Waals surface area contributed by atoms with Crippen molar-refractivity contribution >= 4 is 12.2 Å². The molecular weight excluding hydrogens is 314 g/mol. The lowest BCUT2D eigenvalue weighted by Crippen LogP contribution is -2.36. The molecule has 0 saturated carbocycles. The Balaban J connectivity index is 1.81. The maximum atomic E-state index is 12.1. The molecular formula is C21H25NO3. The Bertz CT molecular complexity index is 702. The van der Waals surface area contributed by atoms with Crippen LogP contribution in [0.5, 0.6) is 5.75 Å². The first-order valence-electron chi connectivity index (χ1n) is 8.52. The van der Waals surface area contributed by atoms with E-state index in [-0.39, 0.29) is 18.6 Å². The summed E-state index contributed by atoms with van der Waals surface area (Å²) in [7, 11) is 0. The van der Waals surface area contributed by atoms with E-state index in [0.717, 1.165) is 30.3 Å². The van der Waals surface area contributed by atoms with Gasteiger partial charge in [0.1, 0.15) is 12.0 Å². The second kappa shape index (κ2) is 9.02. The summed E-state index contributed by atoms with van der Waals surface area (Å²) >= 11 is 0. The predicted octanol–water partition coefficient (Wildman–Crippen LogP) is 3.63. The van der Waals surface area contributed by atoms with Crippen molar-refractivity contribution in [3.8, 4) is 5.75 Å². The van der Waals surface area contributed by atoms with E-state index in [9.17, 15) is 9.59 Å². The normalized spacial score (nSPS) is 11.6. The number of hydrogen-bond acceptors (Lipinski definition) is 3. The largest absolute Gasteiger partial charge is 0.483 e. The monoisotopic (exact) mass is 339 g/mol. The summed E-state index contributed by atoms with van der Waals surface area (Å²) < 4.78 is 5.66. The van der Waals surface area contributed by atoms with Crippen molar-refractivity contribution in [1.29, 1.82) is 0 Å². The van der Waals surface area contributed by atoms with Crippen molar-refractivity contribution in [3.05, 3.63) is 64.7 Å². The molecule has 4 heteroatoms. The first kappa shape index (κ1) is 18.7. The molecule has 1 amide bonds. The van der Waals surface area contributed by atoms with Crippen molar-refractivity contribution < 1.29 is 14.3 Å². The lowest BCUT2D eigenvalue weighted by Gasteiger charge is -2.16. The maximum absolute atomic E-state index is 12.1. The summed E-state index contributed by atoms with van der Waals surface area (Å²) in [6, 6.07) is 13.8. The van der Waals surface area contributed by atoms with E-state index in [0.29, 0.717) is 11.3 Å². The molecule has 2 aromatic rings. The molecule has 1 N–H and O–H groups in total. The summed E-state index contributed by atoms with van der Waals surface area (Å²) in [5.41, 5.74) is 3.58. The molecule has 2 rings (SSSR count). The van der Waals surface area contributed by atoms with Crippen LogP contribution in [0.2, 0.25) is 0 Å². The quantitative estimate of drug-likeness (QED) is 0.747. The summed E-state index contributed by atoms with van der Waals surface area (Å²) in [6.45, 7) is 5.71. The molecule has 0 aliphatic heterocycles. The first-order chi connectivity index (χ1) is 12.0. The number of carbonyl (C=O) groups excluding carboxylic acids is 2. The zero-order valence-corrected chi connectivity index (χ0v) is 15.0. The molecule has 0 aromatic heterocycles. The number of benzene rings is 2. The minimum absolute atomic E-state index is 0.0300. The van der Waals surface area contributed by atoms with Crippen LogP contribution in [0.4, 0.5) is 0 Å². The molecule has 4 nitrogen and oxygen atoms in total. The van der Waals surface area contributed by atoms with Gasteiger partial charge in [0.05, 0.1) is 0 Å². The number of ether oxygens (including phenoxy) is 1. The Morgan fingerprint density at radius 2 is 1.80 bits per heavy atom. The van der Waals surface area contributed by atoms with Crippen LogP contribution in [-0.2, 0) is 11.2 Å². The van der Waals surface area contributed by atoms with E-state index in [4.69, 9.17) is 4.74 Å². The molecule has 0 bridgehead atoms. The summed E-state index contributed by atoms with van der Waals surface area (Å²) in [4.78, 5) is 23.0. The van der Waals surface area contributed by atoms with Gasteiger partial charge in [-0.3, -0.25) is 9.59 Å². The highest BCUT2D eigenvalue weighted by atomic mass is 16.5. The number of carbonyl (C=O) groups is 2. The van der Waals surface area contributed by atoms with Crippen LogP contribution in [0, 0.1) is 13.8 Å². The van der Waals surface area contributed by atoms with Gasteiger partial charge in [-0.05, 0) is 62.4 Å². The van der Waals surface area contributed by atoms with E-state index in [1.165, 1.54) is 5.56 Å². The molecule has 0 spiro atoms. The molecule has 0 saturated heterocycles. The van der Waals surface area contributed by atoms with Crippen molar-refractivity contribution in [2.75, 3.05) is 6.61 Å². The fraction of sp³-hybridized carbons (Fsp3) is 0.333. The van der Waals surface area contributed by atoms with Crippen LogP contribution in [0.3, 0.4) is 0 Å². The molecule has 0 unspecified atom stereocenters. The predicted molar refractivity (Wildman–Crippen MR) is 99.2 cm³/mol. The smallest absolute Gasteiger partial charge is 0.258 e. The van der Waals surface area contributed by atoms with Crippen LogP contribution in [0.15, 0.2) is 42.5 Å². The lowest BCUT2D eigenvalue weighted by molar-refractivity contribution is -0.123. The number of aryl methyl sites for hydroxylation is 3. The van der Waals surface area contributed by atoms with Gasteiger partial charge in [-0.2, -0.15) is 0 Å². The van der Waals surface area contributed by atoms with Crippen LogP contribution in [0.25, 0.3) is 0 Å². The highest BCUT2D eigenvalue weighted by Crippen LogP contribution is 2.24. The van der Waals surface area contributed by atoms with Gasteiger partial charge in [0.2, 0.25) is 0 Å². The van der Waals surface area contributed by atoms with E-state index in [2.05, 4.69) is 17.4 Å². The number of hydrogen-bond donors (Lipinski definition) is 1. The Morgan fingerprint density at radius 3 is 2.40 bits per heavy atom. The second-order valence-electron chi connectivity index (χ2n) is 6.38. The third kappa shape index (κ3) is 5.75. The average molecular weight is 339 g/mol. The van der Waals surface area contributed by atoms with Gasteiger partial charge in [0, 0.05) is 11.6 Å². The SMILES string of the molecule is Cc1cc(C=O)cc(C)c1OCC(=O)N[C@@H](C)CCc1ccccc1. The fourth-order valence-electron chi connectivity index (χ4n) is 2.83. The molecule has 25 heavy (non-hydrogen) atoms. The number of aldehydes is 1. The summed E-state index contributed by atoms with van der Waals surface area (Å²) in [5, 5.41) is 2.96. The van der Waals surface area contributed by atoms with Gasteiger partial charge in [0.15, 0.2) is 6.61 Å². The molecule has 132 valence electrons. The van der Waals surface area contributed by atoms with E-state index in [1.807, 2.05) is 39.0 Å². The minimum Gasteiger partial charge on any atom is -0.483 e. The van der Waals surface area contributed by atoms with Crippen molar-refractivity contribution in [1.82, 2.24) is 5.32 Å². The molecule has 0 fully saturated rings. The molecule has 0 aliphatic rings. The van der Waals surface area contributed by atoms with Crippen molar-refractivity contribution in [2.24, 2.45) is 0 Å². The zero-order chi connectivity index (χ0) is 18.2.